The van der Waals surface area contributed by atoms with Crippen molar-refractivity contribution < 1.29 is 9.53 Å². The number of nitrogens with zero attached hydrogens (tertiary/aromatic N) is 5. The van der Waals surface area contributed by atoms with Crippen molar-refractivity contribution in [2.75, 3.05) is 38.7 Å². The lowest BCUT2D eigenvalue weighted by atomic mass is 10.3. The minimum atomic E-state index is -0.446. The van der Waals surface area contributed by atoms with E-state index in [4.69, 9.17) is 10.00 Å². The number of hydrogen-bond donors (Lipinski definition) is 0. The van der Waals surface area contributed by atoms with Crippen molar-refractivity contribution in [1.29, 1.82) is 5.26 Å². The van der Waals surface area contributed by atoms with Crippen molar-refractivity contribution in [2.24, 2.45) is 0 Å². The molecule has 1 atom stereocenters. The van der Waals surface area contributed by atoms with Gasteiger partial charge in [-0.25, -0.2) is 0 Å². The maximum Gasteiger partial charge on any atom is 0.273 e. The molecule has 1 aliphatic rings. The summed E-state index contributed by atoms with van der Waals surface area (Å²) in [6.07, 6.45) is -0.446. The average Bonchev–Trinajstić information content (AvgIpc) is 2.46. The minimum Gasteiger partial charge on any atom is -0.360 e. The van der Waals surface area contributed by atoms with Crippen molar-refractivity contribution in [3.8, 4) is 6.07 Å². The van der Waals surface area contributed by atoms with E-state index in [0.717, 1.165) is 0 Å². The quantitative estimate of drug-likeness (QED) is 0.739. The molecule has 1 saturated heterocycles. The van der Waals surface area contributed by atoms with E-state index in [9.17, 15) is 4.79 Å². The van der Waals surface area contributed by atoms with Gasteiger partial charge in [-0.1, -0.05) is 0 Å². The number of carbonyl (C=O) groups excluding carboxylic acids is 1. The lowest BCUT2D eigenvalue weighted by molar-refractivity contribution is 0.0759. The number of aromatic nitrogens is 2. The van der Waals surface area contributed by atoms with Crippen LogP contribution >= 0.6 is 0 Å². The van der Waals surface area contributed by atoms with Gasteiger partial charge >= 0.3 is 0 Å². The molecule has 0 N–H and O–H groups in total. The highest BCUT2D eigenvalue weighted by atomic mass is 16.5. The Kier molecular flexibility index (Phi) is 3.92. The minimum absolute atomic E-state index is 0.184. The van der Waals surface area contributed by atoms with Gasteiger partial charge in [0.2, 0.25) is 0 Å². The molecule has 1 aromatic rings. The van der Waals surface area contributed by atoms with Gasteiger partial charge in [0, 0.05) is 20.6 Å². The third-order valence-corrected chi connectivity index (χ3v) is 2.81. The lowest BCUT2D eigenvalue weighted by Crippen LogP contribution is -2.42. The maximum atomic E-state index is 11.7. The Morgan fingerprint density at radius 3 is 2.89 bits per heavy atom. The third-order valence-electron chi connectivity index (χ3n) is 2.81. The number of ether oxygens (including phenoxy) is 1. The Labute approximate surface area is 111 Å². The van der Waals surface area contributed by atoms with Crippen molar-refractivity contribution in [3.63, 3.8) is 0 Å². The van der Waals surface area contributed by atoms with E-state index in [1.165, 1.54) is 4.90 Å². The van der Waals surface area contributed by atoms with Crippen LogP contribution in [0, 0.1) is 11.3 Å². The van der Waals surface area contributed by atoms with Crippen LogP contribution in [0.1, 0.15) is 10.5 Å². The topological polar surface area (TPSA) is 82.4 Å². The summed E-state index contributed by atoms with van der Waals surface area (Å²) in [7, 11) is 3.33. The van der Waals surface area contributed by atoms with Crippen molar-refractivity contribution >= 4 is 11.7 Å². The highest BCUT2D eigenvalue weighted by Gasteiger charge is 2.21. The molecule has 1 amide bonds. The van der Waals surface area contributed by atoms with Crippen LogP contribution in [0.25, 0.3) is 0 Å². The molecule has 7 nitrogen and oxygen atoms in total. The second-order valence-electron chi connectivity index (χ2n) is 4.41. The third kappa shape index (κ3) is 2.98. The average molecular weight is 261 g/mol. The van der Waals surface area contributed by atoms with Crippen LogP contribution in [-0.4, -0.2) is 60.9 Å². The summed E-state index contributed by atoms with van der Waals surface area (Å²) >= 11 is 0. The summed E-state index contributed by atoms with van der Waals surface area (Å²) in [6, 6.07) is 5.46. The zero-order chi connectivity index (χ0) is 13.8. The lowest BCUT2D eigenvalue weighted by Gasteiger charge is -2.30. The summed E-state index contributed by atoms with van der Waals surface area (Å²) in [6.45, 7) is 1.61. The molecule has 7 heteroatoms. The largest absolute Gasteiger partial charge is 0.360 e. The number of anilines is 1. The molecule has 0 radical (unpaired) electrons. The number of rotatable bonds is 2. The predicted molar refractivity (Wildman–Crippen MR) is 67.6 cm³/mol. The van der Waals surface area contributed by atoms with Crippen LogP contribution in [0.5, 0.6) is 0 Å². The molecule has 100 valence electrons. The molecule has 2 rings (SSSR count). The van der Waals surface area contributed by atoms with E-state index < -0.39 is 6.10 Å². The van der Waals surface area contributed by atoms with Gasteiger partial charge in [-0.05, 0) is 12.1 Å². The Hall–Kier alpha value is -2.20. The monoisotopic (exact) mass is 261 g/mol. The van der Waals surface area contributed by atoms with Crippen molar-refractivity contribution in [3.05, 3.63) is 17.8 Å². The van der Waals surface area contributed by atoms with Gasteiger partial charge in [0.15, 0.2) is 17.6 Å². The summed E-state index contributed by atoms with van der Waals surface area (Å²) in [5, 5.41) is 16.8. The number of amides is 1. The SMILES string of the molecule is CN(C)C(=O)c1ccc(N2CCOC(C#N)C2)nn1. The van der Waals surface area contributed by atoms with Gasteiger partial charge in [-0.3, -0.25) is 4.79 Å². The number of hydrogen-bond acceptors (Lipinski definition) is 6. The van der Waals surface area contributed by atoms with E-state index >= 15 is 0 Å². The zero-order valence-corrected chi connectivity index (χ0v) is 10.9. The van der Waals surface area contributed by atoms with Gasteiger partial charge in [0.1, 0.15) is 0 Å². The van der Waals surface area contributed by atoms with Crippen LogP contribution in [-0.2, 0) is 4.74 Å². The first kappa shape index (κ1) is 13.2. The Balaban J connectivity index is 2.10. The predicted octanol–water partition coefficient (Wildman–Crippen LogP) is -0.0928. The van der Waals surface area contributed by atoms with Crippen LogP contribution in [0.2, 0.25) is 0 Å². The van der Waals surface area contributed by atoms with E-state index in [-0.39, 0.29) is 5.91 Å². The van der Waals surface area contributed by atoms with Crippen LogP contribution in [0.15, 0.2) is 12.1 Å². The molecule has 0 aliphatic carbocycles. The molecular formula is C12H15N5O2. The summed E-state index contributed by atoms with van der Waals surface area (Å²) in [5.74, 6) is 0.467. The number of morpholine rings is 1. The van der Waals surface area contributed by atoms with Crippen LogP contribution in [0.3, 0.4) is 0 Å². The van der Waals surface area contributed by atoms with Gasteiger partial charge in [0.05, 0.1) is 19.2 Å². The fourth-order valence-corrected chi connectivity index (χ4v) is 1.77. The highest BCUT2D eigenvalue weighted by molar-refractivity contribution is 5.91. The molecule has 1 aliphatic heterocycles. The Bertz CT molecular complexity index is 494. The first-order chi connectivity index (χ1) is 9.11. The molecule has 2 heterocycles. The number of nitriles is 1. The second-order valence-corrected chi connectivity index (χ2v) is 4.41. The molecule has 1 unspecified atom stereocenters. The van der Waals surface area contributed by atoms with Gasteiger partial charge in [-0.15, -0.1) is 10.2 Å². The first-order valence-corrected chi connectivity index (χ1v) is 5.93. The van der Waals surface area contributed by atoms with Crippen LogP contribution < -0.4 is 4.90 Å². The summed E-state index contributed by atoms with van der Waals surface area (Å²) in [4.78, 5) is 15.1. The molecule has 1 aromatic heterocycles. The summed E-state index contributed by atoms with van der Waals surface area (Å²) < 4.78 is 5.26. The smallest absolute Gasteiger partial charge is 0.273 e. The molecular weight excluding hydrogens is 246 g/mol. The highest BCUT2D eigenvalue weighted by Crippen LogP contribution is 2.14. The first-order valence-electron chi connectivity index (χ1n) is 5.93. The molecule has 0 saturated carbocycles. The molecule has 0 aromatic carbocycles. The number of carbonyl (C=O) groups is 1. The van der Waals surface area contributed by atoms with Crippen molar-refractivity contribution in [1.82, 2.24) is 15.1 Å². The van der Waals surface area contributed by atoms with Gasteiger partial charge in [0.25, 0.3) is 5.91 Å². The maximum absolute atomic E-state index is 11.7. The van der Waals surface area contributed by atoms with E-state index in [0.29, 0.717) is 31.2 Å². The van der Waals surface area contributed by atoms with E-state index in [1.807, 2.05) is 4.90 Å². The standard InChI is InChI=1S/C12H15N5O2/c1-16(2)12(18)10-3-4-11(15-14-10)17-5-6-19-9(7-13)8-17/h3-4,9H,5-6,8H2,1-2H3. The van der Waals surface area contributed by atoms with Gasteiger partial charge < -0.3 is 14.5 Å². The Morgan fingerprint density at radius 1 is 1.53 bits per heavy atom. The van der Waals surface area contributed by atoms with Gasteiger partial charge in [-0.2, -0.15) is 5.26 Å². The van der Waals surface area contributed by atoms with E-state index in [2.05, 4.69) is 16.3 Å². The van der Waals surface area contributed by atoms with Crippen LogP contribution in [0.4, 0.5) is 5.82 Å². The fraction of sp³-hybridized carbons (Fsp3) is 0.500. The molecule has 1 fully saturated rings. The second kappa shape index (κ2) is 5.63. The molecule has 0 spiro atoms. The van der Waals surface area contributed by atoms with Crippen molar-refractivity contribution in [2.45, 2.75) is 6.10 Å². The van der Waals surface area contributed by atoms with E-state index in [1.54, 1.807) is 26.2 Å². The normalized spacial score (nSPS) is 18.8. The zero-order valence-electron chi connectivity index (χ0n) is 10.9. The fourth-order valence-electron chi connectivity index (χ4n) is 1.77. The summed E-state index contributed by atoms with van der Waals surface area (Å²) in [5.41, 5.74) is 0.304. The molecule has 0 bridgehead atoms. The molecule has 19 heavy (non-hydrogen) atoms. The Morgan fingerprint density at radius 2 is 2.32 bits per heavy atom.